The van der Waals surface area contributed by atoms with E-state index in [1.54, 1.807) is 18.0 Å². The number of amides is 2. The molecule has 0 bridgehead atoms. The summed E-state index contributed by atoms with van der Waals surface area (Å²) in [7, 11) is 1.75. The number of hydrogen-bond donors (Lipinski definition) is 1. The van der Waals surface area contributed by atoms with Gasteiger partial charge in [0.15, 0.2) is 0 Å². The normalized spacial score (nSPS) is 13.7. The molecule has 0 saturated carbocycles. The Balaban J connectivity index is 2.07. The van der Waals surface area contributed by atoms with Gasteiger partial charge in [-0.1, -0.05) is 0 Å². The predicted octanol–water partition coefficient (Wildman–Crippen LogP) is 1.18. The molecule has 0 saturated heterocycles. The van der Waals surface area contributed by atoms with Crippen molar-refractivity contribution in [3.05, 3.63) is 23.8 Å². The second kappa shape index (κ2) is 5.18. The van der Waals surface area contributed by atoms with Crippen LogP contribution in [0.5, 0.6) is 0 Å². The van der Waals surface area contributed by atoms with Gasteiger partial charge in [0, 0.05) is 25.0 Å². The third-order valence-corrected chi connectivity index (χ3v) is 2.88. The lowest BCUT2D eigenvalue weighted by Crippen LogP contribution is -2.20. The van der Waals surface area contributed by atoms with Crippen molar-refractivity contribution in [3.8, 4) is 0 Å². The number of carbonyl (C=O) groups excluding carboxylic acids is 2. The first-order chi connectivity index (χ1) is 8.61. The number of hydrogen-bond acceptors (Lipinski definition) is 3. The van der Waals surface area contributed by atoms with Crippen LogP contribution in [-0.2, 0) is 20.7 Å². The fourth-order valence-electron chi connectivity index (χ4n) is 1.94. The van der Waals surface area contributed by atoms with Gasteiger partial charge in [0.05, 0.1) is 6.42 Å². The highest BCUT2D eigenvalue weighted by Crippen LogP contribution is 2.29. The third-order valence-electron chi connectivity index (χ3n) is 2.88. The molecular weight excluding hydrogens is 232 g/mol. The Morgan fingerprint density at radius 3 is 3.00 bits per heavy atom. The maximum Gasteiger partial charge on any atom is 0.250 e. The highest BCUT2D eigenvalue weighted by Gasteiger charge is 2.23. The molecule has 0 radical (unpaired) electrons. The number of anilines is 2. The minimum Gasteiger partial charge on any atom is -0.372 e. The van der Waals surface area contributed by atoms with Crippen LogP contribution in [0.1, 0.15) is 12.5 Å². The van der Waals surface area contributed by atoms with Crippen LogP contribution >= 0.6 is 0 Å². The van der Waals surface area contributed by atoms with Crippen LogP contribution in [0.4, 0.5) is 11.4 Å². The van der Waals surface area contributed by atoms with Gasteiger partial charge in [-0.05, 0) is 30.7 Å². The van der Waals surface area contributed by atoms with E-state index in [1.807, 2.05) is 19.1 Å². The fraction of sp³-hybridized carbons (Fsp3) is 0.385. The molecule has 1 N–H and O–H groups in total. The zero-order valence-corrected chi connectivity index (χ0v) is 10.5. The van der Waals surface area contributed by atoms with Crippen LogP contribution in [0.25, 0.3) is 0 Å². The molecule has 0 unspecified atom stereocenters. The monoisotopic (exact) mass is 248 g/mol. The zero-order chi connectivity index (χ0) is 13.1. The SMILES string of the molecule is CCOCC(=O)Nc1ccc2c(c1)CC(=O)N2C. The average Bonchev–Trinajstić information content (AvgIpc) is 2.62. The smallest absolute Gasteiger partial charge is 0.250 e. The first kappa shape index (κ1) is 12.6. The third kappa shape index (κ3) is 2.51. The molecule has 0 atom stereocenters. The van der Waals surface area contributed by atoms with Crippen molar-refractivity contribution in [3.63, 3.8) is 0 Å². The fourth-order valence-corrected chi connectivity index (χ4v) is 1.94. The Morgan fingerprint density at radius 2 is 2.28 bits per heavy atom. The van der Waals surface area contributed by atoms with Crippen molar-refractivity contribution in [2.45, 2.75) is 13.3 Å². The van der Waals surface area contributed by atoms with E-state index in [0.29, 0.717) is 18.7 Å². The van der Waals surface area contributed by atoms with Crippen molar-refractivity contribution in [2.75, 3.05) is 30.5 Å². The average molecular weight is 248 g/mol. The topological polar surface area (TPSA) is 58.6 Å². The number of carbonyl (C=O) groups is 2. The number of fused-ring (bicyclic) bond motifs is 1. The second-order valence-electron chi connectivity index (χ2n) is 4.16. The standard InChI is InChI=1S/C13H16N2O3/c1-3-18-8-12(16)14-10-4-5-11-9(6-10)7-13(17)15(11)2/h4-6H,3,7-8H2,1-2H3,(H,14,16). The van der Waals surface area contributed by atoms with Crippen molar-refractivity contribution in [1.29, 1.82) is 0 Å². The second-order valence-corrected chi connectivity index (χ2v) is 4.16. The van der Waals surface area contributed by atoms with Crippen LogP contribution in [0.15, 0.2) is 18.2 Å². The molecule has 0 aromatic heterocycles. The molecule has 2 rings (SSSR count). The highest BCUT2D eigenvalue weighted by molar-refractivity contribution is 6.02. The summed E-state index contributed by atoms with van der Waals surface area (Å²) in [6, 6.07) is 5.47. The molecule has 5 heteroatoms. The lowest BCUT2D eigenvalue weighted by Gasteiger charge is -2.11. The van der Waals surface area contributed by atoms with Gasteiger partial charge in [-0.15, -0.1) is 0 Å². The minimum atomic E-state index is -0.186. The number of likely N-dealkylation sites (N-methyl/N-ethyl adjacent to an activating group) is 1. The van der Waals surface area contributed by atoms with Crippen LogP contribution in [0.2, 0.25) is 0 Å². The largest absolute Gasteiger partial charge is 0.372 e. The molecule has 1 aliphatic rings. The van der Waals surface area contributed by atoms with Gasteiger partial charge in [0.25, 0.3) is 0 Å². The summed E-state index contributed by atoms with van der Waals surface area (Å²) >= 11 is 0. The lowest BCUT2D eigenvalue weighted by atomic mass is 10.1. The van der Waals surface area contributed by atoms with Crippen molar-refractivity contribution < 1.29 is 14.3 Å². The van der Waals surface area contributed by atoms with Gasteiger partial charge in [0.1, 0.15) is 6.61 Å². The van der Waals surface area contributed by atoms with E-state index in [0.717, 1.165) is 11.3 Å². The Morgan fingerprint density at radius 1 is 1.50 bits per heavy atom. The van der Waals surface area contributed by atoms with Gasteiger partial charge in [0.2, 0.25) is 11.8 Å². The molecule has 18 heavy (non-hydrogen) atoms. The van der Waals surface area contributed by atoms with Gasteiger partial charge in [-0.2, -0.15) is 0 Å². The summed E-state index contributed by atoms with van der Waals surface area (Å²) in [5.41, 5.74) is 2.54. The Hall–Kier alpha value is -1.88. The van der Waals surface area contributed by atoms with Gasteiger partial charge >= 0.3 is 0 Å². The van der Waals surface area contributed by atoms with Crippen LogP contribution in [0.3, 0.4) is 0 Å². The van der Waals surface area contributed by atoms with E-state index in [4.69, 9.17) is 4.74 Å². The Bertz CT molecular complexity index is 485. The molecule has 1 aromatic rings. The predicted molar refractivity (Wildman–Crippen MR) is 68.7 cm³/mol. The molecule has 0 aliphatic carbocycles. The Labute approximate surface area is 106 Å². The molecule has 2 amide bonds. The zero-order valence-electron chi connectivity index (χ0n) is 10.5. The molecule has 0 fully saturated rings. The lowest BCUT2D eigenvalue weighted by molar-refractivity contribution is -0.120. The van der Waals surface area contributed by atoms with E-state index in [9.17, 15) is 9.59 Å². The van der Waals surface area contributed by atoms with E-state index in [-0.39, 0.29) is 18.4 Å². The van der Waals surface area contributed by atoms with Gasteiger partial charge in [-0.3, -0.25) is 9.59 Å². The molecule has 1 heterocycles. The maximum absolute atomic E-state index is 11.5. The summed E-state index contributed by atoms with van der Waals surface area (Å²) < 4.78 is 5.02. The van der Waals surface area contributed by atoms with E-state index < -0.39 is 0 Å². The van der Waals surface area contributed by atoms with Crippen molar-refractivity contribution in [2.24, 2.45) is 0 Å². The van der Waals surface area contributed by atoms with Gasteiger partial charge < -0.3 is 15.0 Å². The van der Waals surface area contributed by atoms with Crippen molar-refractivity contribution in [1.82, 2.24) is 0 Å². The summed E-state index contributed by atoms with van der Waals surface area (Å²) in [5.74, 6) is -0.114. The summed E-state index contributed by atoms with van der Waals surface area (Å²) in [4.78, 5) is 24.6. The molecule has 1 aliphatic heterocycles. The first-order valence-corrected chi connectivity index (χ1v) is 5.89. The number of ether oxygens (including phenoxy) is 1. The van der Waals surface area contributed by atoms with E-state index >= 15 is 0 Å². The molecule has 0 spiro atoms. The number of nitrogens with zero attached hydrogens (tertiary/aromatic N) is 1. The maximum atomic E-state index is 11.5. The summed E-state index contributed by atoms with van der Waals surface area (Å²) in [6.45, 7) is 2.40. The number of rotatable bonds is 4. The molecule has 96 valence electrons. The van der Waals surface area contributed by atoms with Crippen LogP contribution in [0, 0.1) is 0 Å². The summed E-state index contributed by atoms with van der Waals surface area (Å²) in [5, 5.41) is 2.74. The van der Waals surface area contributed by atoms with Gasteiger partial charge in [-0.25, -0.2) is 0 Å². The van der Waals surface area contributed by atoms with E-state index in [1.165, 1.54) is 0 Å². The first-order valence-electron chi connectivity index (χ1n) is 5.89. The van der Waals surface area contributed by atoms with E-state index in [2.05, 4.69) is 5.32 Å². The molecular formula is C13H16N2O3. The molecule has 1 aromatic carbocycles. The minimum absolute atomic E-state index is 0.0480. The van der Waals surface area contributed by atoms with Crippen LogP contribution in [-0.4, -0.2) is 32.1 Å². The quantitative estimate of drug-likeness (QED) is 0.870. The Kier molecular flexibility index (Phi) is 3.62. The summed E-state index contributed by atoms with van der Waals surface area (Å²) in [6.07, 6.45) is 0.390. The highest BCUT2D eigenvalue weighted by atomic mass is 16.5. The number of nitrogens with one attached hydrogen (secondary N) is 1. The number of benzene rings is 1. The van der Waals surface area contributed by atoms with Crippen LogP contribution < -0.4 is 10.2 Å². The molecule has 5 nitrogen and oxygen atoms in total. The van der Waals surface area contributed by atoms with Crippen molar-refractivity contribution >= 4 is 23.2 Å².